The van der Waals surface area contributed by atoms with Gasteiger partial charge in [-0.1, -0.05) is 11.6 Å². The molecule has 2 atom stereocenters. The number of halogens is 2. The van der Waals surface area contributed by atoms with Gasteiger partial charge in [0, 0.05) is 43.5 Å². The minimum atomic E-state index is -0.943. The van der Waals surface area contributed by atoms with Gasteiger partial charge < -0.3 is 30.4 Å². The van der Waals surface area contributed by atoms with E-state index in [0.717, 1.165) is 32.9 Å². The molecule has 0 radical (unpaired) electrons. The Labute approximate surface area is 277 Å². The van der Waals surface area contributed by atoms with E-state index in [-0.39, 0.29) is 61.6 Å². The molecule has 4 N–H and O–H groups in total. The highest BCUT2D eigenvalue weighted by molar-refractivity contribution is 7.18. The van der Waals surface area contributed by atoms with Crippen LogP contribution in [-0.2, 0) is 30.3 Å². The van der Waals surface area contributed by atoms with E-state index in [1.807, 2.05) is 0 Å². The smallest absolute Gasteiger partial charge is 0.414 e. The number of amides is 5. The number of aromatic nitrogens is 2. The number of imide groups is 1. The van der Waals surface area contributed by atoms with Crippen LogP contribution in [0, 0.1) is 5.82 Å². The Hall–Kier alpha value is -4.38. The van der Waals surface area contributed by atoms with Crippen molar-refractivity contribution in [3.63, 3.8) is 0 Å². The number of benzene rings is 1. The topological polar surface area (TPSA) is 180 Å². The summed E-state index contributed by atoms with van der Waals surface area (Å²) >= 11 is 7.03. The highest BCUT2D eigenvalue weighted by atomic mass is 35.5. The third-order valence-corrected chi connectivity index (χ3v) is 8.78. The fraction of sp³-hybridized carbons (Fsp3) is 0.400. The molecule has 2 aliphatic rings. The Morgan fingerprint density at radius 1 is 1.21 bits per heavy atom. The van der Waals surface area contributed by atoms with Crippen molar-refractivity contribution in [3.8, 4) is 0 Å². The number of morpholine rings is 1. The number of hydrogen-bond acceptors (Lipinski definition) is 10. The van der Waals surface area contributed by atoms with E-state index in [0.29, 0.717) is 35.9 Å². The fourth-order valence-electron chi connectivity index (χ4n) is 5.16. The van der Waals surface area contributed by atoms with Crippen LogP contribution in [0.1, 0.15) is 34.6 Å². The summed E-state index contributed by atoms with van der Waals surface area (Å²) in [5.41, 5.74) is 6.94. The number of nitrogens with one attached hydrogen (secondary N) is 2. The number of cyclic esters (lactones) is 1. The summed E-state index contributed by atoms with van der Waals surface area (Å²) in [6.07, 6.45) is 2.37. The van der Waals surface area contributed by atoms with Crippen molar-refractivity contribution in [2.24, 2.45) is 5.73 Å². The van der Waals surface area contributed by atoms with Gasteiger partial charge in [-0.15, -0.1) is 11.3 Å². The summed E-state index contributed by atoms with van der Waals surface area (Å²) in [5, 5.41) is 2.74. The van der Waals surface area contributed by atoms with Gasteiger partial charge in [-0.25, -0.2) is 14.2 Å². The summed E-state index contributed by atoms with van der Waals surface area (Å²) < 4.78 is 26.2. The normalized spacial score (nSPS) is 17.0. The van der Waals surface area contributed by atoms with Crippen molar-refractivity contribution in [2.75, 3.05) is 49.2 Å². The molecule has 1 aromatic carbocycles. The molecule has 47 heavy (non-hydrogen) atoms. The number of carbonyl (C=O) groups excluding carboxylic acids is 5. The Bertz CT molecular complexity index is 1620. The molecule has 0 saturated carbocycles. The van der Waals surface area contributed by atoms with E-state index in [1.165, 1.54) is 35.5 Å². The minimum Gasteiger partial charge on any atom is -0.442 e. The monoisotopic (exact) mass is 689 g/mol. The average molecular weight is 690 g/mol. The number of ether oxygens (including phenoxy) is 2. The summed E-state index contributed by atoms with van der Waals surface area (Å²) in [5.74, 6) is -2.51. The Morgan fingerprint density at radius 3 is 2.74 bits per heavy atom. The second kappa shape index (κ2) is 15.5. The zero-order valence-electron chi connectivity index (χ0n) is 25.2. The second-order valence-electron chi connectivity index (χ2n) is 10.9. The first kappa shape index (κ1) is 34.0. The molecule has 2 fully saturated rings. The number of hydrogen-bond donors (Lipinski definition) is 3. The van der Waals surface area contributed by atoms with Crippen LogP contribution in [0.5, 0.6) is 0 Å². The molecule has 4 heterocycles. The molecular weight excluding hydrogens is 657 g/mol. The predicted molar refractivity (Wildman–Crippen MR) is 170 cm³/mol. The van der Waals surface area contributed by atoms with Crippen molar-refractivity contribution >= 4 is 64.0 Å². The van der Waals surface area contributed by atoms with Gasteiger partial charge in [0.1, 0.15) is 18.5 Å². The SMILES string of the molecule is N[C@@H](Cc1cnc[nH]1)C(=O)NCCCCC(=O)N(C[C@H]1CN(c2ccc(N3CCOCC3=O)cc2F)C(=O)O1)C(=O)c1ccc(Cl)s1. The summed E-state index contributed by atoms with van der Waals surface area (Å²) in [6.45, 7) is 0.368. The number of rotatable bonds is 13. The minimum absolute atomic E-state index is 0.0261. The molecule has 2 aromatic heterocycles. The number of nitrogens with two attached hydrogens (primary N) is 1. The van der Waals surface area contributed by atoms with E-state index in [9.17, 15) is 24.0 Å². The highest BCUT2D eigenvalue weighted by Crippen LogP contribution is 2.30. The number of carbonyl (C=O) groups is 5. The molecule has 0 aliphatic carbocycles. The highest BCUT2D eigenvalue weighted by Gasteiger charge is 2.38. The van der Waals surface area contributed by atoms with E-state index >= 15 is 4.39 Å². The molecular formula is C30H33ClFN7O7S. The first-order chi connectivity index (χ1) is 22.6. The molecule has 2 saturated heterocycles. The standard InChI is InChI=1S/C30H33ClFN7O7S/c31-25-7-6-24(47-25)29(43)39(26(40)3-1-2-8-35-28(42)22(33)11-18-13-34-17-36-18)15-20-14-38(30(44)46-20)23-5-4-19(12-21(23)32)37-9-10-45-16-27(37)41/h4-7,12-13,17,20,22H,1-3,8-11,14-16,33H2,(H,34,36)(H,35,42)/t20-,22+/m1/s1. The van der Waals surface area contributed by atoms with Crippen LogP contribution in [0.4, 0.5) is 20.6 Å². The number of anilines is 2. The van der Waals surface area contributed by atoms with Gasteiger partial charge in [0.25, 0.3) is 11.8 Å². The van der Waals surface area contributed by atoms with Crippen LogP contribution in [0.3, 0.4) is 0 Å². The largest absolute Gasteiger partial charge is 0.442 e. The zero-order chi connectivity index (χ0) is 33.5. The van der Waals surface area contributed by atoms with E-state index in [2.05, 4.69) is 15.3 Å². The third-order valence-electron chi connectivity index (χ3n) is 7.56. The molecule has 0 bridgehead atoms. The van der Waals surface area contributed by atoms with Gasteiger partial charge in [0.2, 0.25) is 11.8 Å². The van der Waals surface area contributed by atoms with Crippen LogP contribution in [0.15, 0.2) is 42.9 Å². The molecule has 14 nitrogen and oxygen atoms in total. The number of imidazole rings is 1. The second-order valence-corrected chi connectivity index (χ2v) is 12.6. The third kappa shape index (κ3) is 8.51. The molecule has 5 rings (SSSR count). The molecule has 0 unspecified atom stereocenters. The lowest BCUT2D eigenvalue weighted by atomic mass is 10.1. The van der Waals surface area contributed by atoms with Crippen LogP contribution in [0.25, 0.3) is 0 Å². The first-order valence-corrected chi connectivity index (χ1v) is 16.1. The average Bonchev–Trinajstić information content (AvgIpc) is 3.81. The van der Waals surface area contributed by atoms with Crippen LogP contribution >= 0.6 is 22.9 Å². The summed E-state index contributed by atoms with van der Waals surface area (Å²) in [4.78, 5) is 74.5. The number of H-pyrrole nitrogens is 1. The Kier molecular flexibility index (Phi) is 11.2. The zero-order valence-corrected chi connectivity index (χ0v) is 26.7. The van der Waals surface area contributed by atoms with E-state index in [4.69, 9.17) is 26.8 Å². The lowest BCUT2D eigenvalue weighted by Crippen LogP contribution is -2.43. The Balaban J connectivity index is 1.18. The van der Waals surface area contributed by atoms with Crippen molar-refractivity contribution < 1.29 is 37.8 Å². The predicted octanol–water partition coefficient (Wildman–Crippen LogP) is 2.48. The molecule has 5 amide bonds. The van der Waals surface area contributed by atoms with Crippen LogP contribution < -0.4 is 20.9 Å². The fourth-order valence-corrected chi connectivity index (χ4v) is 6.15. The summed E-state index contributed by atoms with van der Waals surface area (Å²) in [7, 11) is 0. The van der Waals surface area contributed by atoms with Crippen LogP contribution in [-0.4, -0.2) is 96.1 Å². The van der Waals surface area contributed by atoms with Gasteiger partial charge in [-0.3, -0.25) is 29.0 Å². The number of unbranched alkanes of at least 4 members (excludes halogenated alkanes) is 1. The number of nitrogens with zero attached hydrogens (tertiary/aromatic N) is 4. The van der Waals surface area contributed by atoms with Gasteiger partial charge in [0.05, 0.1) is 47.0 Å². The van der Waals surface area contributed by atoms with Crippen molar-refractivity contribution in [3.05, 3.63) is 63.6 Å². The van der Waals surface area contributed by atoms with E-state index < -0.39 is 35.9 Å². The Morgan fingerprint density at radius 2 is 2.04 bits per heavy atom. The van der Waals surface area contributed by atoms with Crippen molar-refractivity contribution in [1.82, 2.24) is 20.2 Å². The maximum Gasteiger partial charge on any atom is 0.414 e. The van der Waals surface area contributed by atoms with Gasteiger partial charge in [-0.2, -0.15) is 0 Å². The molecule has 3 aromatic rings. The maximum absolute atomic E-state index is 15.2. The van der Waals surface area contributed by atoms with Crippen molar-refractivity contribution in [1.29, 1.82) is 0 Å². The lowest BCUT2D eigenvalue weighted by molar-refractivity contribution is -0.129. The summed E-state index contributed by atoms with van der Waals surface area (Å²) in [6, 6.07) is 6.34. The molecule has 250 valence electrons. The van der Waals surface area contributed by atoms with E-state index in [1.54, 1.807) is 6.20 Å². The molecule has 17 heteroatoms. The van der Waals surface area contributed by atoms with Gasteiger partial charge >= 0.3 is 6.09 Å². The van der Waals surface area contributed by atoms with Gasteiger partial charge in [-0.05, 0) is 43.2 Å². The molecule has 0 spiro atoms. The number of aromatic amines is 1. The lowest BCUT2D eigenvalue weighted by Gasteiger charge is -2.27. The van der Waals surface area contributed by atoms with Crippen molar-refractivity contribution in [2.45, 2.75) is 37.8 Å². The quantitative estimate of drug-likeness (QED) is 0.227. The first-order valence-electron chi connectivity index (χ1n) is 14.9. The molecule has 2 aliphatic heterocycles. The maximum atomic E-state index is 15.2. The number of thiophene rings is 1. The van der Waals surface area contributed by atoms with Gasteiger partial charge in [0.15, 0.2) is 0 Å². The van der Waals surface area contributed by atoms with Crippen LogP contribution in [0.2, 0.25) is 4.34 Å².